The number of H-pyrrole nitrogens is 1. The molecule has 2 unspecified atom stereocenters. The molecule has 0 amide bonds. The number of halogens is 1. The van der Waals surface area contributed by atoms with Gasteiger partial charge in [0.2, 0.25) is 0 Å². The third-order valence-electron chi connectivity index (χ3n) is 3.83. The molecule has 2 aliphatic rings. The average molecular weight is 272 g/mol. The van der Waals surface area contributed by atoms with Crippen LogP contribution in [0.2, 0.25) is 0 Å². The van der Waals surface area contributed by atoms with Crippen LogP contribution in [0.3, 0.4) is 0 Å². The fourth-order valence-electron chi connectivity index (χ4n) is 2.60. The first-order valence-corrected chi connectivity index (χ1v) is 5.83. The first-order valence-electron chi connectivity index (χ1n) is 5.83. The van der Waals surface area contributed by atoms with E-state index in [4.69, 9.17) is 4.74 Å². The second-order valence-electron chi connectivity index (χ2n) is 5.22. The molecule has 1 aliphatic heterocycles. The van der Waals surface area contributed by atoms with Crippen LogP contribution in [0, 0.1) is 0 Å². The van der Waals surface area contributed by atoms with Gasteiger partial charge in [-0.3, -0.25) is 14.3 Å². The standard InChI is InChI=1S/C11H13FN2O5/c1-10(12)7(17)11(4-5(11)15)19-8(10)14-3-2-6(16)13-9(14)18/h2-3,5,7-8,15,17H,4H2,1H3,(H,13,16,18)/t5?,7-,8+,10+,11?/m0/s1. The maximum atomic E-state index is 14.6. The summed E-state index contributed by atoms with van der Waals surface area (Å²) in [5, 5.41) is 19.4. The van der Waals surface area contributed by atoms with Gasteiger partial charge in [0.25, 0.3) is 5.56 Å². The fourth-order valence-corrected chi connectivity index (χ4v) is 2.60. The van der Waals surface area contributed by atoms with E-state index in [9.17, 15) is 24.2 Å². The summed E-state index contributed by atoms with van der Waals surface area (Å²) < 4.78 is 20.8. The van der Waals surface area contributed by atoms with Gasteiger partial charge in [-0.25, -0.2) is 9.18 Å². The number of hydrogen-bond acceptors (Lipinski definition) is 5. The normalized spacial score (nSPS) is 44.7. The second-order valence-corrected chi connectivity index (χ2v) is 5.22. The lowest BCUT2D eigenvalue weighted by Crippen LogP contribution is -2.44. The number of hydrogen-bond donors (Lipinski definition) is 3. The Hall–Kier alpha value is -1.51. The lowest BCUT2D eigenvalue weighted by Gasteiger charge is -2.24. The van der Waals surface area contributed by atoms with Gasteiger partial charge in [0.05, 0.1) is 6.10 Å². The molecule has 1 aliphatic carbocycles. The summed E-state index contributed by atoms with van der Waals surface area (Å²) >= 11 is 0. The van der Waals surface area contributed by atoms with Crippen LogP contribution in [-0.2, 0) is 4.74 Å². The molecule has 1 spiro atoms. The van der Waals surface area contributed by atoms with Gasteiger partial charge in [0, 0.05) is 18.7 Å². The Morgan fingerprint density at radius 3 is 2.63 bits per heavy atom. The molecule has 0 aromatic carbocycles. The topological polar surface area (TPSA) is 105 Å². The highest BCUT2D eigenvalue weighted by molar-refractivity contribution is 5.21. The van der Waals surface area contributed by atoms with Gasteiger partial charge in [-0.15, -0.1) is 0 Å². The molecule has 1 aromatic heterocycles. The number of rotatable bonds is 1. The lowest BCUT2D eigenvalue weighted by molar-refractivity contribution is -0.0709. The average Bonchev–Trinajstić information content (AvgIpc) is 2.92. The summed E-state index contributed by atoms with van der Waals surface area (Å²) in [6, 6.07) is 1.06. The van der Waals surface area contributed by atoms with Gasteiger partial charge in [-0.2, -0.15) is 0 Å². The molecule has 0 bridgehead atoms. The zero-order valence-corrected chi connectivity index (χ0v) is 10.0. The minimum absolute atomic E-state index is 0.113. The molecule has 1 aromatic rings. The molecule has 7 nitrogen and oxygen atoms in total. The van der Waals surface area contributed by atoms with Gasteiger partial charge in [0.15, 0.2) is 11.9 Å². The highest BCUT2D eigenvalue weighted by Crippen LogP contribution is 2.57. The van der Waals surface area contributed by atoms with E-state index < -0.39 is 41.0 Å². The van der Waals surface area contributed by atoms with Crippen molar-refractivity contribution in [3.05, 3.63) is 33.1 Å². The first-order chi connectivity index (χ1) is 8.79. The van der Waals surface area contributed by atoms with Crippen molar-refractivity contribution < 1.29 is 19.3 Å². The highest BCUT2D eigenvalue weighted by Gasteiger charge is 2.73. The van der Waals surface area contributed by atoms with Crippen molar-refractivity contribution in [2.24, 2.45) is 0 Å². The van der Waals surface area contributed by atoms with Crippen LogP contribution in [0.15, 0.2) is 21.9 Å². The van der Waals surface area contributed by atoms with Crippen molar-refractivity contribution in [2.45, 2.75) is 43.1 Å². The minimum atomic E-state index is -2.25. The van der Waals surface area contributed by atoms with E-state index in [-0.39, 0.29) is 6.42 Å². The molecule has 1 saturated carbocycles. The maximum Gasteiger partial charge on any atom is 0.330 e. The summed E-state index contributed by atoms with van der Waals surface area (Å²) in [7, 11) is 0. The third kappa shape index (κ3) is 1.54. The molecule has 2 heterocycles. The van der Waals surface area contributed by atoms with Gasteiger partial charge >= 0.3 is 5.69 Å². The van der Waals surface area contributed by atoms with Crippen molar-refractivity contribution in [1.82, 2.24) is 9.55 Å². The highest BCUT2D eigenvalue weighted by atomic mass is 19.1. The van der Waals surface area contributed by atoms with Gasteiger partial charge < -0.3 is 14.9 Å². The molecular formula is C11H13FN2O5. The third-order valence-corrected chi connectivity index (χ3v) is 3.83. The van der Waals surface area contributed by atoms with Crippen molar-refractivity contribution in [1.29, 1.82) is 0 Å². The van der Waals surface area contributed by atoms with Crippen LogP contribution in [0.25, 0.3) is 0 Å². The van der Waals surface area contributed by atoms with Crippen LogP contribution < -0.4 is 11.2 Å². The summed E-state index contributed by atoms with van der Waals surface area (Å²) in [6.45, 7) is 1.10. The number of aromatic nitrogens is 2. The maximum absolute atomic E-state index is 14.6. The molecule has 1 saturated heterocycles. The van der Waals surface area contributed by atoms with E-state index in [1.165, 1.54) is 0 Å². The number of nitrogens with zero attached hydrogens (tertiary/aromatic N) is 1. The summed E-state index contributed by atoms with van der Waals surface area (Å²) in [4.78, 5) is 24.6. The minimum Gasteiger partial charge on any atom is -0.390 e. The number of ether oxygens (including phenoxy) is 1. The Bertz CT molecular complexity index is 638. The van der Waals surface area contributed by atoms with Crippen LogP contribution in [-0.4, -0.2) is 43.2 Å². The number of alkyl halides is 1. The van der Waals surface area contributed by atoms with Gasteiger partial charge in [-0.05, 0) is 6.92 Å². The Labute approximate surface area is 106 Å². The zero-order chi connectivity index (χ0) is 14.0. The first kappa shape index (κ1) is 12.5. The largest absolute Gasteiger partial charge is 0.390 e. The van der Waals surface area contributed by atoms with Crippen LogP contribution in [0.4, 0.5) is 4.39 Å². The number of aliphatic hydroxyl groups excluding tert-OH is 2. The SMILES string of the molecule is C[C@@]1(F)[C@H](O)C2(CC2O)O[C@H]1n1ccc(=O)[nH]c1=O. The number of aliphatic hydroxyl groups is 2. The Balaban J connectivity index is 2.06. The predicted octanol–water partition coefficient (Wildman–Crippen LogP) is -1.34. The van der Waals surface area contributed by atoms with Crippen LogP contribution >= 0.6 is 0 Å². The van der Waals surface area contributed by atoms with E-state index in [0.29, 0.717) is 0 Å². The summed E-state index contributed by atoms with van der Waals surface area (Å²) in [6.07, 6.45) is -2.68. The Kier molecular flexibility index (Phi) is 2.32. The zero-order valence-electron chi connectivity index (χ0n) is 10.0. The summed E-state index contributed by atoms with van der Waals surface area (Å²) in [5.41, 5.74) is -5.05. The van der Waals surface area contributed by atoms with E-state index in [2.05, 4.69) is 0 Å². The Morgan fingerprint density at radius 1 is 1.53 bits per heavy atom. The van der Waals surface area contributed by atoms with E-state index in [1.54, 1.807) is 0 Å². The van der Waals surface area contributed by atoms with Crippen molar-refractivity contribution in [2.75, 3.05) is 0 Å². The number of aromatic amines is 1. The Morgan fingerprint density at radius 2 is 2.16 bits per heavy atom. The van der Waals surface area contributed by atoms with Crippen molar-refractivity contribution in [3.63, 3.8) is 0 Å². The molecule has 104 valence electrons. The molecule has 5 atom stereocenters. The van der Waals surface area contributed by atoms with Gasteiger partial charge in [0.1, 0.15) is 11.7 Å². The smallest absolute Gasteiger partial charge is 0.330 e. The molecule has 0 radical (unpaired) electrons. The monoisotopic (exact) mass is 272 g/mol. The summed E-state index contributed by atoms with van der Waals surface area (Å²) in [5.74, 6) is 0. The van der Waals surface area contributed by atoms with E-state index >= 15 is 0 Å². The van der Waals surface area contributed by atoms with E-state index in [0.717, 1.165) is 23.8 Å². The number of nitrogens with one attached hydrogen (secondary N) is 1. The predicted molar refractivity (Wildman–Crippen MR) is 60.3 cm³/mol. The molecule has 19 heavy (non-hydrogen) atoms. The second kappa shape index (κ2) is 3.53. The lowest BCUT2D eigenvalue weighted by atomic mass is 9.97. The molecule has 2 fully saturated rings. The van der Waals surface area contributed by atoms with Crippen LogP contribution in [0.1, 0.15) is 19.6 Å². The quantitative estimate of drug-likeness (QED) is 0.587. The molecule has 3 N–H and O–H groups in total. The fraction of sp³-hybridized carbons (Fsp3) is 0.636. The van der Waals surface area contributed by atoms with Crippen molar-refractivity contribution in [3.8, 4) is 0 Å². The van der Waals surface area contributed by atoms with Gasteiger partial charge in [-0.1, -0.05) is 0 Å². The van der Waals surface area contributed by atoms with Crippen LogP contribution in [0.5, 0.6) is 0 Å². The molecule has 8 heteroatoms. The van der Waals surface area contributed by atoms with E-state index in [1.807, 2.05) is 4.98 Å². The van der Waals surface area contributed by atoms with Crippen molar-refractivity contribution >= 4 is 0 Å². The molecular weight excluding hydrogens is 259 g/mol. The molecule has 3 rings (SSSR count).